The molecule has 0 aliphatic carbocycles. The molecule has 0 saturated carbocycles. The van der Waals surface area contributed by atoms with E-state index in [1.807, 2.05) is 0 Å². The third-order valence-electron chi connectivity index (χ3n) is 2.56. The van der Waals surface area contributed by atoms with E-state index >= 15 is 0 Å². The van der Waals surface area contributed by atoms with Gasteiger partial charge in [-0.05, 0) is 30.7 Å². The van der Waals surface area contributed by atoms with Gasteiger partial charge >= 0.3 is 0 Å². The highest BCUT2D eigenvalue weighted by Gasteiger charge is 2.35. The highest BCUT2D eigenvalue weighted by molar-refractivity contribution is 8.26. The van der Waals surface area contributed by atoms with E-state index in [9.17, 15) is 14.7 Å². The Kier molecular flexibility index (Phi) is 3.96. The molecule has 1 atom stereocenters. The molecule has 1 aromatic heterocycles. The predicted octanol–water partition coefficient (Wildman–Crippen LogP) is 0.421. The van der Waals surface area contributed by atoms with E-state index in [0.717, 1.165) is 22.2 Å². The Labute approximate surface area is 119 Å². The number of carboxylic acids is 1. The zero-order valence-electron chi connectivity index (χ0n) is 9.90. The minimum absolute atomic E-state index is 0.224. The van der Waals surface area contributed by atoms with E-state index < -0.39 is 17.9 Å². The van der Waals surface area contributed by atoms with E-state index in [4.69, 9.17) is 12.2 Å². The predicted molar refractivity (Wildman–Crippen MR) is 73.7 cm³/mol. The van der Waals surface area contributed by atoms with Gasteiger partial charge in [-0.2, -0.15) is 0 Å². The third-order valence-corrected chi connectivity index (χ3v) is 3.89. The maximum absolute atomic E-state index is 12.1. The van der Waals surface area contributed by atoms with Gasteiger partial charge in [-0.25, -0.2) is 0 Å². The number of aromatic nitrogens is 1. The summed E-state index contributed by atoms with van der Waals surface area (Å²) in [5.74, 6) is -1.75. The number of pyridine rings is 1. The summed E-state index contributed by atoms with van der Waals surface area (Å²) in [6.45, 7) is 1.37. The highest BCUT2D eigenvalue weighted by atomic mass is 32.2. The molecule has 1 aromatic rings. The Bertz CT molecular complexity index is 572. The fourth-order valence-electron chi connectivity index (χ4n) is 1.53. The van der Waals surface area contributed by atoms with Crippen LogP contribution in [-0.4, -0.2) is 32.1 Å². The van der Waals surface area contributed by atoms with Crippen molar-refractivity contribution in [3.63, 3.8) is 0 Å². The van der Waals surface area contributed by atoms with Gasteiger partial charge in [-0.15, -0.1) is 0 Å². The number of hydrogen-bond acceptors (Lipinski definition) is 6. The van der Waals surface area contributed by atoms with Crippen LogP contribution in [0.3, 0.4) is 0 Å². The summed E-state index contributed by atoms with van der Waals surface area (Å²) in [5.41, 5.74) is 0.802. The molecule has 1 fully saturated rings. The van der Waals surface area contributed by atoms with E-state index in [1.54, 1.807) is 30.6 Å². The smallest absolute Gasteiger partial charge is 0.266 e. The van der Waals surface area contributed by atoms with Crippen LogP contribution >= 0.6 is 24.0 Å². The third kappa shape index (κ3) is 2.82. The molecule has 0 N–H and O–H groups in total. The Morgan fingerprint density at radius 3 is 2.74 bits per heavy atom. The fourth-order valence-corrected chi connectivity index (χ4v) is 2.95. The fraction of sp³-hybridized carbons (Fsp3) is 0.167. The highest BCUT2D eigenvalue weighted by Crippen LogP contribution is 2.33. The molecular weight excluding hydrogens is 284 g/mol. The Morgan fingerprint density at radius 2 is 2.16 bits per heavy atom. The van der Waals surface area contributed by atoms with Crippen molar-refractivity contribution >= 4 is 46.3 Å². The molecule has 0 radical (unpaired) electrons. The number of carboxylic acid groups (broad SMARTS) is 1. The number of aliphatic carboxylic acids is 1. The number of amides is 1. The van der Waals surface area contributed by atoms with Crippen molar-refractivity contribution in [1.82, 2.24) is 9.88 Å². The van der Waals surface area contributed by atoms with Crippen molar-refractivity contribution in [3.8, 4) is 0 Å². The normalized spacial score (nSPS) is 19.0. The Morgan fingerprint density at radius 1 is 1.53 bits per heavy atom. The first-order valence-electron chi connectivity index (χ1n) is 5.38. The first-order chi connectivity index (χ1) is 9.00. The summed E-state index contributed by atoms with van der Waals surface area (Å²) in [4.78, 5) is 28.3. The van der Waals surface area contributed by atoms with Crippen molar-refractivity contribution in [1.29, 1.82) is 0 Å². The van der Waals surface area contributed by atoms with E-state index in [1.165, 1.54) is 6.92 Å². The van der Waals surface area contributed by atoms with Gasteiger partial charge in [0.25, 0.3) is 5.91 Å². The lowest BCUT2D eigenvalue weighted by Gasteiger charge is -2.23. The summed E-state index contributed by atoms with van der Waals surface area (Å²) in [5, 5.41) is 10.8. The first-order valence-corrected chi connectivity index (χ1v) is 6.61. The average Bonchev–Trinajstić information content (AvgIpc) is 2.65. The number of thiocarbonyl (C=S) groups is 1. The van der Waals surface area contributed by atoms with Gasteiger partial charge in [0.2, 0.25) is 0 Å². The molecule has 1 aliphatic rings. The molecule has 1 saturated heterocycles. The summed E-state index contributed by atoms with van der Waals surface area (Å²) in [6, 6.07) is 2.42. The number of carbonyl (C=O) groups is 2. The quantitative estimate of drug-likeness (QED) is 0.594. The van der Waals surface area contributed by atoms with Crippen LogP contribution in [-0.2, 0) is 9.59 Å². The van der Waals surface area contributed by atoms with Crippen molar-refractivity contribution in [2.75, 3.05) is 0 Å². The molecule has 0 aromatic carbocycles. The molecular formula is C12H9N2O3S2-. The van der Waals surface area contributed by atoms with Crippen molar-refractivity contribution in [2.45, 2.75) is 13.0 Å². The van der Waals surface area contributed by atoms with E-state index in [-0.39, 0.29) is 4.32 Å². The molecule has 2 rings (SSSR count). The molecule has 2 heterocycles. The van der Waals surface area contributed by atoms with Gasteiger partial charge in [0.15, 0.2) is 0 Å². The van der Waals surface area contributed by atoms with E-state index in [2.05, 4.69) is 4.98 Å². The van der Waals surface area contributed by atoms with Gasteiger partial charge in [-0.1, -0.05) is 24.0 Å². The van der Waals surface area contributed by atoms with Gasteiger partial charge < -0.3 is 9.90 Å². The number of carbonyl (C=O) groups excluding carboxylic acids is 2. The average molecular weight is 293 g/mol. The SMILES string of the molecule is C[C@H](C(=O)[O-])N1C(=O)/C(=C\c2ccncc2)SC1=S. The minimum atomic E-state index is -1.33. The molecule has 1 amide bonds. The second kappa shape index (κ2) is 5.50. The van der Waals surface area contributed by atoms with Crippen molar-refractivity contribution in [3.05, 3.63) is 35.0 Å². The largest absolute Gasteiger partial charge is 0.548 e. The van der Waals surface area contributed by atoms with Crippen molar-refractivity contribution < 1.29 is 14.7 Å². The van der Waals surface area contributed by atoms with Crippen LogP contribution in [0.5, 0.6) is 0 Å². The van der Waals surface area contributed by atoms with Crippen LogP contribution < -0.4 is 5.11 Å². The zero-order valence-corrected chi connectivity index (χ0v) is 11.5. The summed E-state index contributed by atoms with van der Waals surface area (Å²) >= 11 is 6.11. The first kappa shape index (κ1) is 13.7. The minimum Gasteiger partial charge on any atom is -0.548 e. The summed E-state index contributed by atoms with van der Waals surface area (Å²) in [6.07, 6.45) is 4.87. The summed E-state index contributed by atoms with van der Waals surface area (Å²) < 4.78 is 0.224. The lowest BCUT2D eigenvalue weighted by atomic mass is 10.2. The maximum Gasteiger partial charge on any atom is 0.266 e. The topological polar surface area (TPSA) is 73.3 Å². The van der Waals surface area contributed by atoms with E-state index in [0.29, 0.717) is 4.91 Å². The lowest BCUT2D eigenvalue weighted by molar-refractivity contribution is -0.309. The number of rotatable bonds is 3. The monoisotopic (exact) mass is 293 g/mol. The zero-order chi connectivity index (χ0) is 14.0. The molecule has 0 unspecified atom stereocenters. The van der Waals surface area contributed by atoms with Crippen LogP contribution in [0.15, 0.2) is 29.4 Å². The van der Waals surface area contributed by atoms with Crippen molar-refractivity contribution in [2.24, 2.45) is 0 Å². The number of thioether (sulfide) groups is 1. The molecule has 0 spiro atoms. The van der Waals surface area contributed by atoms with Crippen LogP contribution in [0.1, 0.15) is 12.5 Å². The number of nitrogens with zero attached hydrogens (tertiary/aromatic N) is 2. The summed E-state index contributed by atoms with van der Waals surface area (Å²) in [7, 11) is 0. The maximum atomic E-state index is 12.1. The number of hydrogen-bond donors (Lipinski definition) is 0. The van der Waals surface area contributed by atoms with Crippen LogP contribution in [0, 0.1) is 0 Å². The molecule has 7 heteroatoms. The molecule has 1 aliphatic heterocycles. The Balaban J connectivity index is 2.28. The molecule has 0 bridgehead atoms. The lowest BCUT2D eigenvalue weighted by Crippen LogP contribution is -2.48. The molecule has 98 valence electrons. The van der Waals surface area contributed by atoms with Gasteiger partial charge in [0, 0.05) is 12.4 Å². The van der Waals surface area contributed by atoms with Gasteiger partial charge in [0.1, 0.15) is 4.32 Å². The van der Waals surface area contributed by atoms with Gasteiger partial charge in [0.05, 0.1) is 16.9 Å². The second-order valence-corrected chi connectivity index (χ2v) is 5.50. The van der Waals surface area contributed by atoms with Crippen LogP contribution in [0.4, 0.5) is 0 Å². The molecule has 19 heavy (non-hydrogen) atoms. The standard InChI is InChI=1S/C12H10N2O3S2/c1-7(11(16)17)14-10(15)9(19-12(14)18)6-8-2-4-13-5-3-8/h2-7H,1H3,(H,16,17)/p-1/b9-6+/t7-/m1/s1. The van der Waals surface area contributed by atoms with Crippen LogP contribution in [0.2, 0.25) is 0 Å². The van der Waals surface area contributed by atoms with Gasteiger partial charge in [-0.3, -0.25) is 14.7 Å². The molecule has 5 nitrogen and oxygen atoms in total. The Hall–Kier alpha value is -1.73. The van der Waals surface area contributed by atoms with Crippen LogP contribution in [0.25, 0.3) is 6.08 Å². The second-order valence-electron chi connectivity index (χ2n) is 3.83.